The van der Waals surface area contributed by atoms with E-state index in [0.29, 0.717) is 31.8 Å². The summed E-state index contributed by atoms with van der Waals surface area (Å²) in [7, 11) is 0. The summed E-state index contributed by atoms with van der Waals surface area (Å²) in [6.07, 6.45) is 0.239. The molecule has 2 aliphatic heterocycles. The molecule has 2 rings (SSSR count). The molecule has 3 atom stereocenters. The molecule has 0 aromatic carbocycles. The lowest BCUT2D eigenvalue weighted by Crippen LogP contribution is -2.69. The Labute approximate surface area is 195 Å². The highest BCUT2D eigenvalue weighted by atomic mass is 16.6. The standard InChI is InChI=1S/C22H37N5O6/c1-6-24(16(5)23)9-7-8-17-18(20(29)30)27(19(17)28)21(31)25-10-12-26(13-11-25)22(32)33-15(4)14(2)3/h14-15,17-18H,5-13,23H2,1-4H3,(H,29,30). The molecule has 2 saturated heterocycles. The van der Waals surface area contributed by atoms with Gasteiger partial charge in [-0.15, -0.1) is 0 Å². The minimum Gasteiger partial charge on any atom is -0.480 e. The molecule has 2 aliphatic rings. The Morgan fingerprint density at radius 3 is 2.24 bits per heavy atom. The van der Waals surface area contributed by atoms with Gasteiger partial charge in [-0.25, -0.2) is 19.3 Å². The molecule has 0 bridgehead atoms. The molecule has 2 fully saturated rings. The fraction of sp³-hybridized carbons (Fsp3) is 0.727. The van der Waals surface area contributed by atoms with E-state index < -0.39 is 36.0 Å². The number of hydrogen-bond donors (Lipinski definition) is 2. The van der Waals surface area contributed by atoms with Crippen molar-refractivity contribution in [3.8, 4) is 0 Å². The number of urea groups is 1. The van der Waals surface area contributed by atoms with Crippen LogP contribution >= 0.6 is 0 Å². The van der Waals surface area contributed by atoms with Crippen LogP contribution in [0.15, 0.2) is 12.4 Å². The third-order valence-electron chi connectivity index (χ3n) is 6.44. The number of carboxylic acid groups (broad SMARTS) is 1. The fourth-order valence-corrected chi connectivity index (χ4v) is 3.93. The van der Waals surface area contributed by atoms with Crippen LogP contribution in [0.5, 0.6) is 0 Å². The molecule has 0 aliphatic carbocycles. The highest BCUT2D eigenvalue weighted by Gasteiger charge is 2.55. The van der Waals surface area contributed by atoms with Crippen molar-refractivity contribution in [3.63, 3.8) is 0 Å². The van der Waals surface area contributed by atoms with E-state index in [1.807, 2.05) is 32.6 Å². The number of carbonyl (C=O) groups excluding carboxylic acids is 3. The van der Waals surface area contributed by atoms with Gasteiger partial charge >= 0.3 is 18.1 Å². The van der Waals surface area contributed by atoms with Gasteiger partial charge in [0.05, 0.1) is 11.7 Å². The smallest absolute Gasteiger partial charge is 0.410 e. The molecular weight excluding hydrogens is 430 g/mol. The number of hydrogen-bond acceptors (Lipinski definition) is 7. The quantitative estimate of drug-likeness (QED) is 0.485. The Bertz CT molecular complexity index is 764. The van der Waals surface area contributed by atoms with Gasteiger partial charge in [0.25, 0.3) is 0 Å². The lowest BCUT2D eigenvalue weighted by Gasteiger charge is -2.46. The first-order valence-electron chi connectivity index (χ1n) is 11.5. The van der Waals surface area contributed by atoms with Crippen LogP contribution in [-0.2, 0) is 14.3 Å². The Hall–Kier alpha value is -2.98. The van der Waals surface area contributed by atoms with Gasteiger partial charge in [0, 0.05) is 39.3 Å². The molecule has 3 N–H and O–H groups in total. The number of rotatable bonds is 9. The van der Waals surface area contributed by atoms with Gasteiger partial charge in [-0.2, -0.15) is 0 Å². The highest BCUT2D eigenvalue weighted by Crippen LogP contribution is 2.32. The summed E-state index contributed by atoms with van der Waals surface area (Å²) < 4.78 is 5.41. The number of imide groups is 1. The van der Waals surface area contributed by atoms with Crippen LogP contribution < -0.4 is 5.73 Å². The number of nitrogens with zero attached hydrogens (tertiary/aromatic N) is 4. The van der Waals surface area contributed by atoms with E-state index in [0.717, 1.165) is 4.90 Å². The van der Waals surface area contributed by atoms with Crippen LogP contribution in [0, 0.1) is 11.8 Å². The summed E-state index contributed by atoms with van der Waals surface area (Å²) in [5.41, 5.74) is 5.70. The largest absolute Gasteiger partial charge is 0.480 e. The highest BCUT2D eigenvalue weighted by molar-refractivity contribution is 6.07. The van der Waals surface area contributed by atoms with Crippen molar-refractivity contribution < 1.29 is 29.0 Å². The third kappa shape index (κ3) is 6.08. The van der Waals surface area contributed by atoms with Crippen LogP contribution in [0.2, 0.25) is 0 Å². The summed E-state index contributed by atoms with van der Waals surface area (Å²) >= 11 is 0. The van der Waals surface area contributed by atoms with E-state index in [1.165, 1.54) is 9.80 Å². The van der Waals surface area contributed by atoms with Crippen LogP contribution in [-0.4, -0.2) is 100 Å². The molecule has 11 heteroatoms. The number of piperazine rings is 1. The Balaban J connectivity index is 1.90. The number of aliphatic carboxylic acids is 1. The van der Waals surface area contributed by atoms with E-state index in [4.69, 9.17) is 10.5 Å². The van der Waals surface area contributed by atoms with Crippen molar-refractivity contribution >= 4 is 24.0 Å². The van der Waals surface area contributed by atoms with Crippen molar-refractivity contribution in [2.24, 2.45) is 17.6 Å². The average molecular weight is 468 g/mol. The molecule has 0 spiro atoms. The SMILES string of the molecule is C=C(N)N(CC)CCCC1C(=O)N(C(=O)N2CCN(C(=O)OC(C)C(C)C)CC2)C1C(=O)O. The maximum Gasteiger partial charge on any atom is 0.410 e. The first kappa shape index (κ1) is 26.3. The van der Waals surface area contributed by atoms with Crippen molar-refractivity contribution in [2.75, 3.05) is 39.3 Å². The maximum atomic E-state index is 12.9. The van der Waals surface area contributed by atoms with Gasteiger partial charge < -0.3 is 30.3 Å². The zero-order chi connectivity index (χ0) is 24.9. The predicted octanol–water partition coefficient (Wildman–Crippen LogP) is 1.35. The van der Waals surface area contributed by atoms with Gasteiger partial charge in [-0.05, 0) is 32.6 Å². The topological polar surface area (TPSA) is 137 Å². The normalized spacial score (nSPS) is 21.5. The zero-order valence-corrected chi connectivity index (χ0v) is 20.0. The van der Waals surface area contributed by atoms with Crippen molar-refractivity contribution in [2.45, 2.75) is 52.7 Å². The number of carbonyl (C=O) groups is 4. The van der Waals surface area contributed by atoms with Crippen LogP contribution in [0.25, 0.3) is 0 Å². The Morgan fingerprint density at radius 2 is 1.76 bits per heavy atom. The number of likely N-dealkylation sites (tertiary alicyclic amines) is 1. The van der Waals surface area contributed by atoms with Gasteiger partial charge in [-0.1, -0.05) is 20.4 Å². The van der Waals surface area contributed by atoms with E-state index in [-0.39, 0.29) is 38.2 Å². The zero-order valence-electron chi connectivity index (χ0n) is 20.0. The minimum atomic E-state index is -1.20. The molecule has 0 aromatic rings. The molecule has 2 heterocycles. The summed E-state index contributed by atoms with van der Waals surface area (Å²) in [5.74, 6) is -1.81. The second-order valence-electron chi connectivity index (χ2n) is 8.90. The second-order valence-corrected chi connectivity index (χ2v) is 8.90. The summed E-state index contributed by atoms with van der Waals surface area (Å²) in [6.45, 7) is 13.5. The van der Waals surface area contributed by atoms with Gasteiger partial charge in [0.15, 0.2) is 6.04 Å². The second kappa shape index (κ2) is 11.2. The van der Waals surface area contributed by atoms with E-state index >= 15 is 0 Å². The van der Waals surface area contributed by atoms with Gasteiger partial charge in [0.2, 0.25) is 5.91 Å². The van der Waals surface area contributed by atoms with Crippen LogP contribution in [0.1, 0.15) is 40.5 Å². The number of amides is 4. The van der Waals surface area contributed by atoms with Crippen molar-refractivity contribution in [1.29, 1.82) is 0 Å². The minimum absolute atomic E-state index is 0.189. The first-order chi connectivity index (χ1) is 15.5. The van der Waals surface area contributed by atoms with E-state index in [1.54, 1.807) is 0 Å². The third-order valence-corrected chi connectivity index (χ3v) is 6.44. The van der Waals surface area contributed by atoms with Crippen LogP contribution in [0.4, 0.5) is 9.59 Å². The number of ether oxygens (including phenoxy) is 1. The van der Waals surface area contributed by atoms with E-state index in [9.17, 15) is 24.3 Å². The van der Waals surface area contributed by atoms with Crippen molar-refractivity contribution in [1.82, 2.24) is 19.6 Å². The fourth-order valence-electron chi connectivity index (χ4n) is 3.93. The number of nitrogens with two attached hydrogens (primary N) is 1. The van der Waals surface area contributed by atoms with Gasteiger partial charge in [-0.3, -0.25) is 4.79 Å². The lowest BCUT2D eigenvalue weighted by molar-refractivity contribution is -0.167. The molecule has 0 radical (unpaired) electrons. The molecule has 186 valence electrons. The number of carboxylic acids is 1. The predicted molar refractivity (Wildman–Crippen MR) is 121 cm³/mol. The molecular formula is C22H37N5O6. The maximum absolute atomic E-state index is 12.9. The summed E-state index contributed by atoms with van der Waals surface area (Å²) in [4.78, 5) is 55.3. The Kier molecular flexibility index (Phi) is 8.95. The molecule has 0 saturated carbocycles. The van der Waals surface area contributed by atoms with Crippen molar-refractivity contribution in [3.05, 3.63) is 12.4 Å². The van der Waals surface area contributed by atoms with Crippen LogP contribution in [0.3, 0.4) is 0 Å². The van der Waals surface area contributed by atoms with Gasteiger partial charge in [0.1, 0.15) is 6.10 Å². The van der Waals surface area contributed by atoms with E-state index in [2.05, 4.69) is 6.58 Å². The molecule has 4 amide bonds. The first-order valence-corrected chi connectivity index (χ1v) is 11.5. The molecule has 3 unspecified atom stereocenters. The molecule has 0 aromatic heterocycles. The number of β-lactam (4-membered cyclic amide) rings is 1. The lowest BCUT2D eigenvalue weighted by atomic mass is 9.83. The summed E-state index contributed by atoms with van der Waals surface area (Å²) in [6, 6.07) is -1.81. The molecule has 33 heavy (non-hydrogen) atoms. The Morgan fingerprint density at radius 1 is 1.18 bits per heavy atom. The summed E-state index contributed by atoms with van der Waals surface area (Å²) in [5, 5.41) is 9.65. The monoisotopic (exact) mass is 467 g/mol. The molecule has 11 nitrogen and oxygen atoms in total. The average Bonchev–Trinajstić information content (AvgIpc) is 2.76.